The van der Waals surface area contributed by atoms with Crippen molar-refractivity contribution in [2.24, 2.45) is 0 Å². The van der Waals surface area contributed by atoms with E-state index in [1.165, 1.54) is 11.0 Å². The molecule has 256 valence electrons. The van der Waals surface area contributed by atoms with E-state index < -0.39 is 23.8 Å². The first-order chi connectivity index (χ1) is 22.7. The molecule has 0 radical (unpaired) electrons. The van der Waals surface area contributed by atoms with Crippen LogP contribution in [0.1, 0.15) is 75.4 Å². The van der Waals surface area contributed by atoms with Crippen molar-refractivity contribution in [1.82, 2.24) is 30.3 Å². The molecule has 0 bridgehead atoms. The lowest BCUT2D eigenvalue weighted by Crippen LogP contribution is -2.38. The van der Waals surface area contributed by atoms with Crippen molar-refractivity contribution in [1.29, 1.82) is 0 Å². The normalized spacial score (nSPS) is 12.1. The summed E-state index contributed by atoms with van der Waals surface area (Å²) in [4.78, 5) is 26.5. The molecule has 1 heterocycles. The lowest BCUT2D eigenvalue weighted by Gasteiger charge is -2.25. The van der Waals surface area contributed by atoms with Crippen LogP contribution in [0.2, 0.25) is 0 Å². The first kappa shape index (κ1) is 35.7. The van der Waals surface area contributed by atoms with Crippen LogP contribution >= 0.6 is 0 Å². The predicted molar refractivity (Wildman–Crippen MR) is 181 cm³/mol. The Labute approximate surface area is 280 Å². The number of aliphatic hydroxyl groups excluding tert-OH is 1. The quantitative estimate of drug-likeness (QED) is 0.123. The third-order valence-corrected chi connectivity index (χ3v) is 7.23. The highest BCUT2D eigenvalue weighted by atomic mass is 16.6. The van der Waals surface area contributed by atoms with Gasteiger partial charge >= 0.3 is 6.09 Å². The van der Waals surface area contributed by atoms with E-state index in [1.807, 2.05) is 13.8 Å². The van der Waals surface area contributed by atoms with Crippen molar-refractivity contribution in [2.45, 2.75) is 59.3 Å². The van der Waals surface area contributed by atoms with Crippen LogP contribution in [0.15, 0.2) is 60.7 Å². The van der Waals surface area contributed by atoms with Gasteiger partial charge in [0.05, 0.1) is 5.56 Å². The third-order valence-electron chi connectivity index (χ3n) is 7.23. The number of aliphatic hydroxyl groups is 1. The lowest BCUT2D eigenvalue weighted by molar-refractivity contribution is 0.0290. The second kappa shape index (κ2) is 15.2. The Morgan fingerprint density at radius 2 is 1.58 bits per heavy atom. The smallest absolute Gasteiger partial charge is 0.410 e. The zero-order valence-electron chi connectivity index (χ0n) is 28.3. The molecule has 0 aliphatic carbocycles. The number of aromatic hydroxyl groups is 2. The van der Waals surface area contributed by atoms with Crippen LogP contribution in [0.5, 0.6) is 23.0 Å². The Morgan fingerprint density at radius 1 is 0.958 bits per heavy atom. The predicted octanol–water partition coefficient (Wildman–Crippen LogP) is 5.46. The Balaban J connectivity index is 1.48. The summed E-state index contributed by atoms with van der Waals surface area (Å²) in [5.41, 5.74) is 1.50. The van der Waals surface area contributed by atoms with E-state index >= 15 is 0 Å². The lowest BCUT2D eigenvalue weighted by atomic mass is 9.98. The fourth-order valence-corrected chi connectivity index (χ4v) is 4.76. The summed E-state index contributed by atoms with van der Waals surface area (Å²) in [6.45, 7) is 12.1. The van der Waals surface area contributed by atoms with Crippen LogP contribution in [-0.4, -0.2) is 79.3 Å². The molecule has 0 aliphatic rings. The molecule has 0 saturated carbocycles. The zero-order chi connectivity index (χ0) is 35.2. The van der Waals surface area contributed by atoms with Crippen LogP contribution < -0.4 is 15.4 Å². The van der Waals surface area contributed by atoms with Crippen molar-refractivity contribution >= 4 is 12.0 Å². The van der Waals surface area contributed by atoms with E-state index in [0.717, 1.165) is 0 Å². The number of hydrogen-bond acceptors (Lipinski definition) is 10. The number of ether oxygens (including phenoxy) is 2. The third kappa shape index (κ3) is 8.81. The molecule has 2 amide bonds. The minimum atomic E-state index is -0.952. The molecule has 0 fully saturated rings. The van der Waals surface area contributed by atoms with E-state index in [0.29, 0.717) is 53.5 Å². The molecule has 0 aliphatic heterocycles. The fourth-order valence-electron chi connectivity index (χ4n) is 4.76. The average molecular weight is 661 g/mol. The Hall–Kier alpha value is -5.14. The van der Waals surface area contributed by atoms with Gasteiger partial charge < -0.3 is 35.0 Å². The molecule has 0 saturated heterocycles. The summed E-state index contributed by atoms with van der Waals surface area (Å²) in [5.74, 6) is 0.583. The highest BCUT2D eigenvalue weighted by Crippen LogP contribution is 2.38. The number of aromatic nitrogens is 3. The molecule has 13 nitrogen and oxygen atoms in total. The van der Waals surface area contributed by atoms with Gasteiger partial charge in [0.1, 0.15) is 34.8 Å². The molecular weight excluding hydrogens is 616 g/mol. The largest absolute Gasteiger partial charge is 0.508 e. The highest BCUT2D eigenvalue weighted by molar-refractivity contribution is 5.92. The standard InChI is InChI=1S/C35H44N6O7/c1-8-36-33(45)31-39-38-30(27-19-26(21(2)3)28(42)20-29(27)43)41(31)23-11-15-25(16-12-23)47-24-13-9-22(10-14-24)32(44)37-17-18-40(7)34(46)48-35(4,5)6/h9-16,19-21,32,37,42-44H,8,17-18H2,1-7H3,(H,36,45). The number of amides is 2. The van der Waals surface area contributed by atoms with Crippen molar-refractivity contribution in [3.8, 4) is 40.1 Å². The minimum Gasteiger partial charge on any atom is -0.508 e. The number of carbonyl (C=O) groups excluding carboxylic acids is 2. The molecule has 1 unspecified atom stereocenters. The van der Waals surface area contributed by atoms with Crippen molar-refractivity contribution in [3.05, 3.63) is 77.6 Å². The highest BCUT2D eigenvalue weighted by Gasteiger charge is 2.24. The van der Waals surface area contributed by atoms with Crippen molar-refractivity contribution in [3.63, 3.8) is 0 Å². The van der Waals surface area contributed by atoms with Gasteiger partial charge in [0.25, 0.3) is 5.91 Å². The molecule has 1 atom stereocenters. The molecule has 1 aromatic heterocycles. The summed E-state index contributed by atoms with van der Waals surface area (Å²) in [6, 6.07) is 16.8. The van der Waals surface area contributed by atoms with Gasteiger partial charge in [-0.3, -0.25) is 14.7 Å². The molecule has 4 aromatic rings. The van der Waals surface area contributed by atoms with E-state index in [9.17, 15) is 24.9 Å². The van der Waals surface area contributed by atoms with Crippen LogP contribution in [0.3, 0.4) is 0 Å². The minimum absolute atomic E-state index is 0.0262. The van der Waals surface area contributed by atoms with Gasteiger partial charge in [-0.2, -0.15) is 0 Å². The van der Waals surface area contributed by atoms with Gasteiger partial charge in [0, 0.05) is 38.4 Å². The number of hydrogen-bond donors (Lipinski definition) is 5. The first-order valence-corrected chi connectivity index (χ1v) is 15.7. The Bertz CT molecular complexity index is 1710. The van der Waals surface area contributed by atoms with E-state index in [1.54, 1.807) is 93.9 Å². The molecule has 0 spiro atoms. The number of carbonyl (C=O) groups is 2. The maximum absolute atomic E-state index is 12.9. The van der Waals surface area contributed by atoms with Crippen molar-refractivity contribution < 1.29 is 34.4 Å². The van der Waals surface area contributed by atoms with Gasteiger partial charge in [-0.1, -0.05) is 26.0 Å². The van der Waals surface area contributed by atoms with Crippen LogP contribution in [0, 0.1) is 0 Å². The van der Waals surface area contributed by atoms with Gasteiger partial charge in [0.2, 0.25) is 5.82 Å². The summed E-state index contributed by atoms with van der Waals surface area (Å²) in [5, 5.41) is 45.8. The fraction of sp³-hybridized carbons (Fsp3) is 0.371. The average Bonchev–Trinajstić information content (AvgIpc) is 3.46. The number of rotatable bonds is 12. The SMILES string of the molecule is CCNC(=O)c1nnc(-c2cc(C(C)C)c(O)cc2O)n1-c1ccc(Oc2ccc(C(O)NCCN(C)C(=O)OC(C)(C)C)cc2)cc1. The number of phenols is 2. The Kier molecular flexibility index (Phi) is 11.3. The number of nitrogens with one attached hydrogen (secondary N) is 2. The Morgan fingerprint density at radius 3 is 2.17 bits per heavy atom. The zero-order valence-corrected chi connectivity index (χ0v) is 28.3. The van der Waals surface area contributed by atoms with Gasteiger partial charge in [-0.05, 0) is 87.2 Å². The van der Waals surface area contributed by atoms with Crippen LogP contribution in [0.25, 0.3) is 17.1 Å². The van der Waals surface area contributed by atoms with Gasteiger partial charge in [-0.25, -0.2) is 4.79 Å². The van der Waals surface area contributed by atoms with Crippen molar-refractivity contribution in [2.75, 3.05) is 26.7 Å². The van der Waals surface area contributed by atoms with Gasteiger partial charge in [0.15, 0.2) is 5.82 Å². The molecular formula is C35H44N6O7. The maximum atomic E-state index is 12.9. The molecule has 5 N–H and O–H groups in total. The van der Waals surface area contributed by atoms with Crippen LogP contribution in [0.4, 0.5) is 4.79 Å². The van der Waals surface area contributed by atoms with E-state index in [2.05, 4.69) is 20.8 Å². The summed E-state index contributed by atoms with van der Waals surface area (Å²) >= 11 is 0. The second-order valence-corrected chi connectivity index (χ2v) is 12.5. The topological polar surface area (TPSA) is 171 Å². The monoisotopic (exact) mass is 660 g/mol. The van der Waals surface area contributed by atoms with Crippen LogP contribution in [-0.2, 0) is 4.74 Å². The van der Waals surface area contributed by atoms with E-state index in [-0.39, 0.29) is 29.1 Å². The first-order valence-electron chi connectivity index (χ1n) is 15.7. The van der Waals surface area contributed by atoms with Gasteiger partial charge in [-0.15, -0.1) is 10.2 Å². The molecule has 4 rings (SSSR count). The number of nitrogens with zero attached hydrogens (tertiary/aromatic N) is 4. The number of phenolic OH excluding ortho intramolecular Hbond substituents is 2. The summed E-state index contributed by atoms with van der Waals surface area (Å²) in [6.07, 6.45) is -1.39. The van der Waals surface area contributed by atoms with E-state index in [4.69, 9.17) is 9.47 Å². The number of likely N-dealkylation sites (N-methyl/N-ethyl adjacent to an activating group) is 1. The molecule has 48 heavy (non-hydrogen) atoms. The number of benzene rings is 3. The molecule has 3 aromatic carbocycles. The summed E-state index contributed by atoms with van der Waals surface area (Å²) < 4.78 is 12.9. The molecule has 13 heteroatoms. The maximum Gasteiger partial charge on any atom is 0.410 e. The second-order valence-electron chi connectivity index (χ2n) is 12.5. The summed E-state index contributed by atoms with van der Waals surface area (Å²) in [7, 11) is 1.64.